The van der Waals surface area contributed by atoms with Gasteiger partial charge in [-0.1, -0.05) is 30.5 Å². The lowest BCUT2D eigenvalue weighted by molar-refractivity contribution is -0.286. The summed E-state index contributed by atoms with van der Waals surface area (Å²) in [5.74, 6) is -1.33. The van der Waals surface area contributed by atoms with Gasteiger partial charge in [0.25, 0.3) is 0 Å². The van der Waals surface area contributed by atoms with Crippen LogP contribution in [0.4, 0.5) is 25.0 Å². The number of rotatable bonds is 4. The normalized spacial score (nSPS) is 17.5. The van der Waals surface area contributed by atoms with Crippen molar-refractivity contribution in [2.75, 3.05) is 10.6 Å². The number of sulfone groups is 1. The third-order valence-electron chi connectivity index (χ3n) is 5.03. The summed E-state index contributed by atoms with van der Waals surface area (Å²) in [6, 6.07) is 5.45. The van der Waals surface area contributed by atoms with E-state index in [1.165, 1.54) is 30.3 Å². The SMILES string of the molecule is O=C(Nc1ccc(Cl)c(S(=O)(=O)C2CCCC2)c1O)Nc1cccc2c1OC(F)(F)O2. The van der Waals surface area contributed by atoms with Crippen molar-refractivity contribution in [2.24, 2.45) is 0 Å². The Morgan fingerprint density at radius 2 is 1.77 bits per heavy atom. The second kappa shape index (κ2) is 7.72. The van der Waals surface area contributed by atoms with Crippen molar-refractivity contribution in [3.63, 3.8) is 0 Å². The highest BCUT2D eigenvalue weighted by molar-refractivity contribution is 7.92. The van der Waals surface area contributed by atoms with Crippen molar-refractivity contribution in [2.45, 2.75) is 42.1 Å². The van der Waals surface area contributed by atoms with Crippen LogP contribution in [0.2, 0.25) is 5.02 Å². The van der Waals surface area contributed by atoms with Gasteiger partial charge in [0.05, 0.1) is 21.6 Å². The summed E-state index contributed by atoms with van der Waals surface area (Å²) in [7, 11) is -3.91. The summed E-state index contributed by atoms with van der Waals surface area (Å²) < 4.78 is 61.2. The quantitative estimate of drug-likeness (QED) is 0.552. The van der Waals surface area contributed by atoms with E-state index in [1.807, 2.05) is 0 Å². The summed E-state index contributed by atoms with van der Waals surface area (Å²) in [5.41, 5.74) is -0.326. The number of nitrogens with one attached hydrogen (secondary N) is 2. The van der Waals surface area contributed by atoms with Gasteiger partial charge in [0, 0.05) is 0 Å². The Kier molecular flexibility index (Phi) is 5.34. The molecule has 4 rings (SSSR count). The number of alkyl halides is 2. The summed E-state index contributed by atoms with van der Waals surface area (Å²) in [5, 5.41) is 14.3. The molecule has 0 saturated heterocycles. The zero-order chi connectivity index (χ0) is 22.4. The molecule has 0 radical (unpaired) electrons. The van der Waals surface area contributed by atoms with Gasteiger partial charge in [-0.15, -0.1) is 8.78 Å². The molecule has 0 unspecified atom stereocenters. The van der Waals surface area contributed by atoms with Crippen LogP contribution in [0, 0.1) is 0 Å². The molecule has 3 N–H and O–H groups in total. The molecule has 2 aliphatic rings. The molecule has 1 heterocycles. The van der Waals surface area contributed by atoms with E-state index in [4.69, 9.17) is 11.6 Å². The van der Waals surface area contributed by atoms with E-state index in [9.17, 15) is 27.1 Å². The first-order valence-corrected chi connectivity index (χ1v) is 11.2. The molecule has 31 heavy (non-hydrogen) atoms. The Morgan fingerprint density at radius 1 is 1.10 bits per heavy atom. The van der Waals surface area contributed by atoms with Crippen LogP contribution in [-0.4, -0.2) is 31.1 Å². The van der Waals surface area contributed by atoms with Gasteiger partial charge < -0.3 is 25.2 Å². The first kappa shape index (κ1) is 21.4. The Morgan fingerprint density at radius 3 is 2.48 bits per heavy atom. The zero-order valence-corrected chi connectivity index (χ0v) is 17.4. The van der Waals surface area contributed by atoms with E-state index in [1.54, 1.807) is 0 Å². The van der Waals surface area contributed by atoms with E-state index < -0.39 is 38.1 Å². The highest BCUT2D eigenvalue weighted by atomic mass is 35.5. The smallest absolute Gasteiger partial charge is 0.504 e. The number of urea groups is 1. The summed E-state index contributed by atoms with van der Waals surface area (Å²) in [4.78, 5) is 11.9. The maximum Gasteiger partial charge on any atom is 0.586 e. The second-order valence-corrected chi connectivity index (χ2v) is 9.68. The van der Waals surface area contributed by atoms with Crippen LogP contribution in [0.5, 0.6) is 17.2 Å². The lowest BCUT2D eigenvalue weighted by atomic mass is 10.2. The number of amides is 2. The third-order valence-corrected chi connectivity index (χ3v) is 7.79. The lowest BCUT2D eigenvalue weighted by Crippen LogP contribution is -2.26. The Bertz CT molecular complexity index is 1150. The number of benzene rings is 2. The number of halogens is 3. The number of phenols is 1. The van der Waals surface area contributed by atoms with Crippen LogP contribution >= 0.6 is 11.6 Å². The van der Waals surface area contributed by atoms with E-state index in [0.717, 1.165) is 12.8 Å². The van der Waals surface area contributed by atoms with Gasteiger partial charge >= 0.3 is 12.3 Å². The molecule has 8 nitrogen and oxygen atoms in total. The van der Waals surface area contributed by atoms with Crippen molar-refractivity contribution in [3.05, 3.63) is 35.4 Å². The summed E-state index contributed by atoms with van der Waals surface area (Å²) >= 11 is 6.05. The predicted molar refractivity (Wildman–Crippen MR) is 108 cm³/mol. The summed E-state index contributed by atoms with van der Waals surface area (Å²) in [6.45, 7) is 0. The van der Waals surface area contributed by atoms with Gasteiger partial charge in [-0.3, -0.25) is 0 Å². The molecule has 166 valence electrons. The lowest BCUT2D eigenvalue weighted by Gasteiger charge is -2.17. The minimum Gasteiger partial charge on any atom is -0.504 e. The number of hydrogen-bond donors (Lipinski definition) is 3. The molecule has 1 fully saturated rings. The molecule has 1 saturated carbocycles. The molecule has 2 aromatic carbocycles. The van der Waals surface area contributed by atoms with Gasteiger partial charge in [0.2, 0.25) is 0 Å². The fraction of sp³-hybridized carbons (Fsp3) is 0.316. The monoisotopic (exact) mass is 474 g/mol. The number of carbonyl (C=O) groups is 1. The fourth-order valence-corrected chi connectivity index (χ4v) is 6.11. The highest BCUT2D eigenvalue weighted by Crippen LogP contribution is 2.46. The maximum absolute atomic E-state index is 13.3. The van der Waals surface area contributed by atoms with Gasteiger partial charge in [-0.2, -0.15) is 0 Å². The van der Waals surface area contributed by atoms with E-state index in [-0.39, 0.29) is 27.9 Å². The molecule has 0 aromatic heterocycles. The zero-order valence-electron chi connectivity index (χ0n) is 15.8. The number of hydrogen-bond acceptors (Lipinski definition) is 6. The van der Waals surface area contributed by atoms with Gasteiger partial charge in [0.1, 0.15) is 4.90 Å². The Balaban J connectivity index is 1.57. The number of fused-ring (bicyclic) bond motifs is 1. The minimum atomic E-state index is -3.91. The second-order valence-electron chi connectivity index (χ2n) is 7.10. The largest absolute Gasteiger partial charge is 0.586 e. The molecule has 12 heteroatoms. The molecule has 2 aromatic rings. The van der Waals surface area contributed by atoms with Crippen LogP contribution in [0.1, 0.15) is 25.7 Å². The Labute approximate surface area is 181 Å². The molecule has 0 bridgehead atoms. The number of carbonyl (C=O) groups excluding carboxylic acids is 1. The summed E-state index contributed by atoms with van der Waals surface area (Å²) in [6.07, 6.45) is -1.43. The van der Waals surface area contributed by atoms with Gasteiger partial charge in [-0.05, 0) is 37.1 Å². The number of aromatic hydroxyl groups is 1. The van der Waals surface area contributed by atoms with Crippen molar-refractivity contribution in [3.8, 4) is 17.2 Å². The molecule has 1 aliphatic heterocycles. The number of anilines is 2. The van der Waals surface area contributed by atoms with Crippen LogP contribution in [-0.2, 0) is 9.84 Å². The minimum absolute atomic E-state index is 0.112. The van der Waals surface area contributed by atoms with Crippen molar-refractivity contribution < 1.29 is 36.6 Å². The van der Waals surface area contributed by atoms with Crippen LogP contribution in [0.25, 0.3) is 0 Å². The molecular formula is C19H17ClF2N2O6S. The van der Waals surface area contributed by atoms with Crippen molar-refractivity contribution in [1.82, 2.24) is 0 Å². The van der Waals surface area contributed by atoms with Gasteiger partial charge in [0.15, 0.2) is 27.1 Å². The van der Waals surface area contributed by atoms with E-state index in [2.05, 4.69) is 20.1 Å². The van der Waals surface area contributed by atoms with Crippen LogP contribution in [0.15, 0.2) is 35.2 Å². The average molecular weight is 475 g/mol. The standard InChI is InChI=1S/C19H17ClF2N2O6S/c20-11-8-9-12(15(25)17(11)31(27,28)10-4-1-2-5-10)23-18(26)24-13-6-3-7-14-16(13)30-19(21,22)29-14/h3,6-10,25H,1-2,4-5H2,(H2,23,24,26). The fourth-order valence-electron chi connectivity index (χ4n) is 3.63. The molecular weight excluding hydrogens is 458 g/mol. The van der Waals surface area contributed by atoms with Crippen molar-refractivity contribution in [1.29, 1.82) is 0 Å². The molecule has 2 amide bonds. The first-order chi connectivity index (χ1) is 14.6. The molecule has 1 aliphatic carbocycles. The number of phenolic OH excluding ortho intramolecular Hbond substituents is 1. The van der Waals surface area contributed by atoms with Crippen LogP contribution < -0.4 is 20.1 Å². The van der Waals surface area contributed by atoms with Crippen LogP contribution in [0.3, 0.4) is 0 Å². The third kappa shape index (κ3) is 4.07. The van der Waals surface area contributed by atoms with Gasteiger partial charge in [-0.25, -0.2) is 13.2 Å². The maximum atomic E-state index is 13.3. The molecule has 0 spiro atoms. The average Bonchev–Trinajstić information content (AvgIpc) is 3.31. The first-order valence-electron chi connectivity index (χ1n) is 9.31. The number of para-hydroxylation sites is 1. The molecule has 0 atom stereocenters. The van der Waals surface area contributed by atoms with E-state index >= 15 is 0 Å². The predicted octanol–water partition coefficient (Wildman–Crippen LogP) is 4.73. The highest BCUT2D eigenvalue weighted by Gasteiger charge is 2.44. The Hall–Kier alpha value is -2.79. The van der Waals surface area contributed by atoms with Crippen molar-refractivity contribution >= 4 is 38.8 Å². The van der Waals surface area contributed by atoms with E-state index in [0.29, 0.717) is 12.8 Å². The topological polar surface area (TPSA) is 114 Å². The number of ether oxygens (including phenoxy) is 2.